The number of amides is 2. The first-order valence-electron chi connectivity index (χ1n) is 6.30. The van der Waals surface area contributed by atoms with Gasteiger partial charge in [0.15, 0.2) is 0 Å². The van der Waals surface area contributed by atoms with Crippen molar-refractivity contribution in [1.29, 1.82) is 0 Å². The summed E-state index contributed by atoms with van der Waals surface area (Å²) < 4.78 is 4.95. The summed E-state index contributed by atoms with van der Waals surface area (Å²) in [5.74, 6) is -0.913. The summed E-state index contributed by atoms with van der Waals surface area (Å²) in [4.78, 5) is 26.6. The Balaban J connectivity index is 2.72. The molecule has 1 fully saturated rings. The quantitative estimate of drug-likeness (QED) is 0.794. The molecule has 2 unspecified atom stereocenters. The second-order valence-electron chi connectivity index (χ2n) is 4.60. The van der Waals surface area contributed by atoms with Gasteiger partial charge in [-0.15, -0.1) is 0 Å². The van der Waals surface area contributed by atoms with E-state index in [1.807, 2.05) is 13.8 Å². The maximum atomic E-state index is 12.3. The Morgan fingerprint density at radius 3 is 2.67 bits per heavy atom. The number of carbonyl (C=O) groups excluding carboxylic acids is 1. The van der Waals surface area contributed by atoms with Crippen molar-refractivity contribution in [3.05, 3.63) is 0 Å². The molecular formula is C12H22N2O4. The lowest BCUT2D eigenvalue weighted by atomic mass is 10.0. The molecule has 6 nitrogen and oxygen atoms in total. The average Bonchev–Trinajstić information content (AvgIpc) is 2.71. The van der Waals surface area contributed by atoms with Gasteiger partial charge in [-0.25, -0.2) is 9.59 Å². The number of aliphatic carboxylic acids is 1. The molecule has 0 bridgehead atoms. The van der Waals surface area contributed by atoms with Gasteiger partial charge in [0.05, 0.1) is 6.61 Å². The van der Waals surface area contributed by atoms with Crippen molar-refractivity contribution in [3.63, 3.8) is 0 Å². The van der Waals surface area contributed by atoms with Crippen LogP contribution >= 0.6 is 0 Å². The van der Waals surface area contributed by atoms with Crippen molar-refractivity contribution >= 4 is 12.0 Å². The highest BCUT2D eigenvalue weighted by Gasteiger charge is 2.40. The number of methoxy groups -OCH3 is 1. The van der Waals surface area contributed by atoms with Gasteiger partial charge in [-0.1, -0.05) is 6.92 Å². The highest BCUT2D eigenvalue weighted by molar-refractivity contribution is 5.83. The number of carbonyl (C=O) groups is 2. The minimum Gasteiger partial charge on any atom is -0.480 e. The third kappa shape index (κ3) is 3.13. The van der Waals surface area contributed by atoms with Crippen LogP contribution in [0.25, 0.3) is 0 Å². The van der Waals surface area contributed by atoms with E-state index in [-0.39, 0.29) is 11.9 Å². The van der Waals surface area contributed by atoms with Crippen LogP contribution in [0.1, 0.15) is 20.3 Å². The summed E-state index contributed by atoms with van der Waals surface area (Å²) in [6, 6.07) is -0.902. The van der Waals surface area contributed by atoms with Crippen LogP contribution in [0.3, 0.4) is 0 Å². The van der Waals surface area contributed by atoms with Gasteiger partial charge in [0, 0.05) is 26.7 Å². The first-order valence-corrected chi connectivity index (χ1v) is 6.30. The Labute approximate surface area is 107 Å². The topological polar surface area (TPSA) is 70.1 Å². The summed E-state index contributed by atoms with van der Waals surface area (Å²) in [6.45, 7) is 5.77. The van der Waals surface area contributed by atoms with Crippen LogP contribution in [-0.2, 0) is 9.53 Å². The molecule has 0 aromatic carbocycles. The number of likely N-dealkylation sites (N-methyl/N-ethyl adjacent to an activating group) is 1. The zero-order chi connectivity index (χ0) is 13.7. The van der Waals surface area contributed by atoms with Crippen molar-refractivity contribution in [2.45, 2.75) is 26.3 Å². The van der Waals surface area contributed by atoms with Gasteiger partial charge in [0.25, 0.3) is 0 Å². The van der Waals surface area contributed by atoms with E-state index < -0.39 is 12.0 Å². The Morgan fingerprint density at radius 1 is 1.50 bits per heavy atom. The molecule has 1 saturated heterocycles. The third-order valence-corrected chi connectivity index (χ3v) is 3.42. The van der Waals surface area contributed by atoms with Crippen molar-refractivity contribution in [2.75, 3.05) is 33.4 Å². The molecule has 18 heavy (non-hydrogen) atoms. The van der Waals surface area contributed by atoms with E-state index in [9.17, 15) is 14.7 Å². The number of hydrogen-bond acceptors (Lipinski definition) is 3. The lowest BCUT2D eigenvalue weighted by molar-refractivity contribution is -0.142. The maximum Gasteiger partial charge on any atom is 0.326 e. The summed E-state index contributed by atoms with van der Waals surface area (Å²) in [7, 11) is 1.58. The fourth-order valence-electron chi connectivity index (χ4n) is 2.31. The molecule has 1 heterocycles. The highest BCUT2D eigenvalue weighted by Crippen LogP contribution is 2.25. The molecule has 2 amide bonds. The number of urea groups is 1. The Morgan fingerprint density at radius 2 is 2.17 bits per heavy atom. The fraction of sp³-hybridized carbons (Fsp3) is 0.833. The monoisotopic (exact) mass is 258 g/mol. The molecular weight excluding hydrogens is 236 g/mol. The molecule has 0 aromatic rings. The summed E-state index contributed by atoms with van der Waals surface area (Å²) in [6.07, 6.45) is 0.741. The van der Waals surface area contributed by atoms with E-state index in [2.05, 4.69) is 0 Å². The number of carboxylic acids is 1. The van der Waals surface area contributed by atoms with Crippen LogP contribution < -0.4 is 0 Å². The van der Waals surface area contributed by atoms with E-state index >= 15 is 0 Å². The fourth-order valence-corrected chi connectivity index (χ4v) is 2.31. The molecule has 0 aliphatic carbocycles. The maximum absolute atomic E-state index is 12.3. The summed E-state index contributed by atoms with van der Waals surface area (Å²) in [5, 5.41) is 9.20. The van der Waals surface area contributed by atoms with Crippen LogP contribution in [0.5, 0.6) is 0 Å². The second-order valence-corrected chi connectivity index (χ2v) is 4.60. The average molecular weight is 258 g/mol. The Hall–Kier alpha value is -1.30. The van der Waals surface area contributed by atoms with Crippen LogP contribution in [0.2, 0.25) is 0 Å². The van der Waals surface area contributed by atoms with E-state index in [1.54, 1.807) is 12.0 Å². The number of rotatable bonds is 5. The highest BCUT2D eigenvalue weighted by atomic mass is 16.5. The summed E-state index contributed by atoms with van der Waals surface area (Å²) in [5.41, 5.74) is 0. The van der Waals surface area contributed by atoms with Gasteiger partial charge >= 0.3 is 12.0 Å². The van der Waals surface area contributed by atoms with Crippen LogP contribution in [0.15, 0.2) is 0 Å². The van der Waals surface area contributed by atoms with E-state index in [0.29, 0.717) is 26.2 Å². The Kier molecular flexibility index (Phi) is 5.40. The molecule has 2 atom stereocenters. The number of hydrogen-bond donors (Lipinski definition) is 1. The normalized spacial score (nSPS) is 23.2. The second kappa shape index (κ2) is 6.58. The largest absolute Gasteiger partial charge is 0.480 e. The van der Waals surface area contributed by atoms with E-state index in [4.69, 9.17) is 4.74 Å². The number of ether oxygens (including phenoxy) is 1. The van der Waals surface area contributed by atoms with Gasteiger partial charge in [-0.2, -0.15) is 0 Å². The van der Waals surface area contributed by atoms with Gasteiger partial charge in [-0.05, 0) is 19.3 Å². The van der Waals surface area contributed by atoms with Gasteiger partial charge < -0.3 is 19.6 Å². The minimum atomic E-state index is -0.920. The smallest absolute Gasteiger partial charge is 0.326 e. The van der Waals surface area contributed by atoms with Crippen molar-refractivity contribution in [3.8, 4) is 0 Å². The molecule has 0 saturated carbocycles. The van der Waals surface area contributed by atoms with Gasteiger partial charge in [-0.3, -0.25) is 0 Å². The molecule has 104 valence electrons. The molecule has 0 radical (unpaired) electrons. The lowest BCUT2D eigenvalue weighted by Gasteiger charge is -2.30. The van der Waals surface area contributed by atoms with E-state index in [1.165, 1.54) is 4.90 Å². The lowest BCUT2D eigenvalue weighted by Crippen LogP contribution is -2.50. The molecule has 1 rings (SSSR count). The zero-order valence-corrected chi connectivity index (χ0v) is 11.3. The molecule has 0 spiro atoms. The number of carboxylic acid groups (broad SMARTS) is 1. The SMILES string of the molecule is CCN(CCOC)C(=O)N1CCC(C)C1C(=O)O. The van der Waals surface area contributed by atoms with Crippen LogP contribution in [-0.4, -0.2) is 66.3 Å². The molecule has 1 aliphatic heterocycles. The van der Waals surface area contributed by atoms with Crippen molar-refractivity contribution < 1.29 is 19.4 Å². The molecule has 1 aliphatic rings. The predicted molar refractivity (Wildman–Crippen MR) is 66.4 cm³/mol. The first-order chi connectivity index (χ1) is 8.52. The number of likely N-dealkylation sites (tertiary alicyclic amines) is 1. The van der Waals surface area contributed by atoms with E-state index in [0.717, 1.165) is 6.42 Å². The Bertz CT molecular complexity index is 308. The third-order valence-electron chi connectivity index (χ3n) is 3.42. The standard InChI is InChI=1S/C12H22N2O4/c1-4-13(7-8-18-3)12(17)14-6-5-9(2)10(14)11(15)16/h9-10H,4-8H2,1-3H3,(H,15,16). The summed E-state index contributed by atoms with van der Waals surface area (Å²) >= 11 is 0. The molecule has 1 N–H and O–H groups in total. The predicted octanol–water partition coefficient (Wildman–Crippen LogP) is 0.870. The first kappa shape index (κ1) is 14.8. The molecule has 0 aromatic heterocycles. The van der Waals surface area contributed by atoms with Crippen molar-refractivity contribution in [2.24, 2.45) is 5.92 Å². The zero-order valence-electron chi connectivity index (χ0n) is 11.3. The van der Waals surface area contributed by atoms with Crippen LogP contribution in [0, 0.1) is 5.92 Å². The van der Waals surface area contributed by atoms with Gasteiger partial charge in [0.2, 0.25) is 0 Å². The van der Waals surface area contributed by atoms with Crippen molar-refractivity contribution in [1.82, 2.24) is 9.80 Å². The molecule has 6 heteroatoms. The minimum absolute atomic E-state index is 0.00702. The number of nitrogens with zero attached hydrogens (tertiary/aromatic N) is 2. The van der Waals surface area contributed by atoms with Gasteiger partial charge in [0.1, 0.15) is 6.04 Å². The van der Waals surface area contributed by atoms with Crippen LogP contribution in [0.4, 0.5) is 4.79 Å².